The molecule has 4 rings (SSSR count). The van der Waals surface area contributed by atoms with Crippen LogP contribution < -0.4 is 4.90 Å². The molecule has 2 aliphatic heterocycles. The molecule has 0 spiro atoms. The fraction of sp³-hybridized carbons (Fsp3) is 0.500. The molecule has 33 heavy (non-hydrogen) atoms. The highest BCUT2D eigenvalue weighted by molar-refractivity contribution is 7.89. The van der Waals surface area contributed by atoms with Crippen molar-refractivity contribution >= 4 is 27.6 Å². The summed E-state index contributed by atoms with van der Waals surface area (Å²) in [5.41, 5.74) is 3.08. The maximum atomic E-state index is 13.5. The van der Waals surface area contributed by atoms with E-state index in [0.717, 1.165) is 12.1 Å². The lowest BCUT2D eigenvalue weighted by atomic mass is 9.96. The van der Waals surface area contributed by atoms with Gasteiger partial charge in [0.05, 0.1) is 6.61 Å². The summed E-state index contributed by atoms with van der Waals surface area (Å²) >= 11 is 0. The van der Waals surface area contributed by atoms with Crippen molar-refractivity contribution in [3.8, 4) is 0 Å². The van der Waals surface area contributed by atoms with E-state index in [9.17, 15) is 18.0 Å². The average Bonchev–Trinajstić information content (AvgIpc) is 3.28. The summed E-state index contributed by atoms with van der Waals surface area (Å²) < 4.78 is 33.5. The van der Waals surface area contributed by atoms with Crippen molar-refractivity contribution in [2.75, 3.05) is 24.6 Å². The number of carbonyl (C=O) groups excluding carboxylic acids is 2. The van der Waals surface area contributed by atoms with Gasteiger partial charge >= 0.3 is 5.97 Å². The summed E-state index contributed by atoms with van der Waals surface area (Å²) in [4.78, 5) is 30.7. The Morgan fingerprint density at radius 1 is 1.12 bits per heavy atom. The van der Waals surface area contributed by atoms with Gasteiger partial charge in [-0.3, -0.25) is 4.79 Å². The Balaban J connectivity index is 1.52. The highest BCUT2D eigenvalue weighted by Crippen LogP contribution is 2.36. The molecule has 1 saturated heterocycles. The van der Waals surface area contributed by atoms with Gasteiger partial charge in [-0.25, -0.2) is 13.2 Å². The van der Waals surface area contributed by atoms with Crippen LogP contribution in [0.15, 0.2) is 29.2 Å². The Morgan fingerprint density at radius 2 is 1.79 bits per heavy atom. The van der Waals surface area contributed by atoms with E-state index in [-0.39, 0.29) is 48.0 Å². The Bertz CT molecular complexity index is 1180. The van der Waals surface area contributed by atoms with Crippen LogP contribution in [0.1, 0.15) is 54.0 Å². The van der Waals surface area contributed by atoms with Crippen molar-refractivity contribution in [3.05, 3.63) is 46.8 Å². The molecule has 178 valence electrons. The number of aryl methyl sites for hydroxylation is 2. The maximum absolute atomic E-state index is 13.5. The number of aromatic nitrogens is 1. The zero-order valence-corrected chi connectivity index (χ0v) is 20.4. The minimum absolute atomic E-state index is 0.0229. The first-order chi connectivity index (χ1) is 15.7. The molecular weight excluding hydrogens is 442 g/mol. The lowest BCUT2D eigenvalue weighted by Crippen LogP contribution is -2.46. The first-order valence-corrected chi connectivity index (χ1v) is 12.9. The molecular formula is C24H31N3O5S. The number of H-pyrrole nitrogens is 1. The zero-order chi connectivity index (χ0) is 23.9. The number of carbonyl (C=O) groups is 2. The Labute approximate surface area is 195 Å². The van der Waals surface area contributed by atoms with Crippen LogP contribution >= 0.6 is 0 Å². The smallest absolute Gasteiger partial charge is 0.341 e. The van der Waals surface area contributed by atoms with Gasteiger partial charge in [0.15, 0.2) is 0 Å². The number of nitrogens with one attached hydrogen (secondary N) is 1. The maximum Gasteiger partial charge on any atom is 0.341 e. The molecule has 0 aliphatic carbocycles. The van der Waals surface area contributed by atoms with Crippen LogP contribution in [0, 0.1) is 19.8 Å². The molecule has 8 nitrogen and oxygen atoms in total. The number of hydrogen-bond donors (Lipinski definition) is 1. The number of ether oxygens (including phenoxy) is 1. The minimum atomic E-state index is -3.92. The normalized spacial score (nSPS) is 19.5. The van der Waals surface area contributed by atoms with Gasteiger partial charge in [-0.1, -0.05) is 18.2 Å². The van der Waals surface area contributed by atoms with E-state index < -0.39 is 16.0 Å². The van der Waals surface area contributed by atoms with Crippen LogP contribution in [0.2, 0.25) is 0 Å². The van der Waals surface area contributed by atoms with Gasteiger partial charge in [0.2, 0.25) is 15.9 Å². The summed E-state index contributed by atoms with van der Waals surface area (Å²) in [6, 6.07) is 8.04. The summed E-state index contributed by atoms with van der Waals surface area (Å²) in [5.74, 6) is -0.821. The molecule has 1 N–H and O–H groups in total. The van der Waals surface area contributed by atoms with Crippen molar-refractivity contribution in [1.29, 1.82) is 0 Å². The third-order valence-corrected chi connectivity index (χ3v) is 8.71. The molecule has 1 aromatic carbocycles. The second-order valence-electron chi connectivity index (χ2n) is 8.87. The number of para-hydroxylation sites is 1. The van der Waals surface area contributed by atoms with Crippen LogP contribution in [0.3, 0.4) is 0 Å². The van der Waals surface area contributed by atoms with E-state index in [4.69, 9.17) is 4.74 Å². The van der Waals surface area contributed by atoms with Crippen LogP contribution in [-0.2, 0) is 26.0 Å². The second-order valence-corrected chi connectivity index (χ2v) is 10.7. The van der Waals surface area contributed by atoms with Gasteiger partial charge in [-0.2, -0.15) is 4.31 Å². The molecule has 1 amide bonds. The van der Waals surface area contributed by atoms with Crippen LogP contribution in [0.4, 0.5) is 5.69 Å². The lowest BCUT2D eigenvalue weighted by Gasteiger charge is -2.34. The molecule has 0 saturated carbocycles. The number of piperidine rings is 1. The van der Waals surface area contributed by atoms with E-state index in [2.05, 4.69) is 11.1 Å². The predicted octanol–water partition coefficient (Wildman–Crippen LogP) is 3.19. The number of anilines is 1. The molecule has 1 fully saturated rings. The van der Waals surface area contributed by atoms with Crippen LogP contribution in [0.25, 0.3) is 0 Å². The van der Waals surface area contributed by atoms with Crippen molar-refractivity contribution in [1.82, 2.24) is 9.29 Å². The van der Waals surface area contributed by atoms with Crippen molar-refractivity contribution < 1.29 is 22.7 Å². The van der Waals surface area contributed by atoms with Crippen LogP contribution in [0.5, 0.6) is 0 Å². The molecule has 2 aliphatic rings. The number of fused-ring (bicyclic) bond motifs is 1. The number of benzene rings is 1. The molecule has 1 atom stereocenters. The monoisotopic (exact) mass is 473 g/mol. The fourth-order valence-electron chi connectivity index (χ4n) is 5.10. The van der Waals surface area contributed by atoms with Gasteiger partial charge in [0.1, 0.15) is 10.5 Å². The summed E-state index contributed by atoms with van der Waals surface area (Å²) in [5, 5.41) is 0. The van der Waals surface area contributed by atoms with Gasteiger partial charge in [0, 0.05) is 42.1 Å². The van der Waals surface area contributed by atoms with E-state index in [0.29, 0.717) is 24.2 Å². The summed E-state index contributed by atoms with van der Waals surface area (Å²) in [6.45, 7) is 7.66. The topological polar surface area (TPSA) is 99.8 Å². The molecule has 3 heterocycles. The van der Waals surface area contributed by atoms with Gasteiger partial charge in [-0.15, -0.1) is 0 Å². The number of esters is 1. The molecule has 2 aromatic rings. The fourth-order valence-corrected chi connectivity index (χ4v) is 6.98. The Hall–Kier alpha value is -2.65. The third kappa shape index (κ3) is 4.08. The van der Waals surface area contributed by atoms with Crippen LogP contribution in [-0.4, -0.2) is 55.3 Å². The standard InChI is InChI=1S/C24H31N3O5S/c1-5-32-24(29)21-16(3)25-17(4)22(21)33(30,31)26-12-10-18(11-13-26)23(28)27-15(2)14-19-8-6-7-9-20(19)27/h6-9,15,18,25H,5,10-14H2,1-4H3. The van der Waals surface area contributed by atoms with Crippen molar-refractivity contribution in [3.63, 3.8) is 0 Å². The Morgan fingerprint density at radius 3 is 2.45 bits per heavy atom. The number of rotatable bonds is 5. The molecule has 9 heteroatoms. The molecule has 1 unspecified atom stereocenters. The van der Waals surface area contributed by atoms with Gasteiger partial charge in [0.25, 0.3) is 0 Å². The average molecular weight is 474 g/mol. The number of hydrogen-bond acceptors (Lipinski definition) is 5. The van der Waals surface area contributed by atoms with Crippen molar-refractivity contribution in [2.24, 2.45) is 5.92 Å². The highest BCUT2D eigenvalue weighted by atomic mass is 32.2. The minimum Gasteiger partial charge on any atom is -0.462 e. The Kier molecular flexibility index (Phi) is 6.37. The summed E-state index contributed by atoms with van der Waals surface area (Å²) in [6.07, 6.45) is 1.72. The van der Waals surface area contributed by atoms with E-state index in [1.807, 2.05) is 30.0 Å². The largest absolute Gasteiger partial charge is 0.462 e. The highest BCUT2D eigenvalue weighted by Gasteiger charge is 2.40. The zero-order valence-electron chi connectivity index (χ0n) is 19.6. The quantitative estimate of drug-likeness (QED) is 0.673. The third-order valence-electron chi connectivity index (χ3n) is 6.64. The molecule has 0 radical (unpaired) electrons. The lowest BCUT2D eigenvalue weighted by molar-refractivity contribution is -0.123. The van der Waals surface area contributed by atoms with Crippen molar-refractivity contribution in [2.45, 2.75) is 57.9 Å². The second kappa shape index (κ2) is 8.95. The number of amides is 1. The van der Waals surface area contributed by atoms with E-state index >= 15 is 0 Å². The van der Waals surface area contributed by atoms with Gasteiger partial charge < -0.3 is 14.6 Å². The number of sulfonamides is 1. The SMILES string of the molecule is CCOC(=O)c1c(C)[nH]c(C)c1S(=O)(=O)N1CCC(C(=O)N2c3ccccc3CC2C)CC1. The molecule has 0 bridgehead atoms. The van der Waals surface area contributed by atoms with E-state index in [1.165, 1.54) is 9.87 Å². The number of aromatic amines is 1. The first-order valence-electron chi connectivity index (χ1n) is 11.4. The number of nitrogens with zero attached hydrogens (tertiary/aromatic N) is 2. The summed E-state index contributed by atoms with van der Waals surface area (Å²) in [7, 11) is -3.92. The van der Waals surface area contributed by atoms with Gasteiger partial charge in [-0.05, 0) is 58.6 Å². The van der Waals surface area contributed by atoms with E-state index in [1.54, 1.807) is 20.8 Å². The first kappa shape index (κ1) is 23.5. The predicted molar refractivity (Wildman–Crippen MR) is 125 cm³/mol. The molecule has 1 aromatic heterocycles.